The molecule has 1 fully saturated rings. The average Bonchev–Trinajstić information content (AvgIpc) is 2.80. The summed E-state index contributed by atoms with van der Waals surface area (Å²) in [7, 11) is 0. The van der Waals surface area contributed by atoms with Gasteiger partial charge in [-0.25, -0.2) is 4.98 Å². The Balaban J connectivity index is 2.16. The molecule has 1 aliphatic rings. The van der Waals surface area contributed by atoms with Crippen molar-refractivity contribution in [2.24, 2.45) is 17.6 Å². The number of halogens is 3. The van der Waals surface area contributed by atoms with Crippen molar-refractivity contribution >= 4 is 23.0 Å². The van der Waals surface area contributed by atoms with Crippen LogP contribution in [-0.4, -0.2) is 16.5 Å². The number of rotatable bonds is 4. The third-order valence-electron chi connectivity index (χ3n) is 3.81. The second-order valence-corrected chi connectivity index (χ2v) is 6.06. The zero-order valence-corrected chi connectivity index (χ0v) is 12.5. The fraction of sp³-hybridized carbons (Fsp3) is 0.571. The predicted molar refractivity (Wildman–Crippen MR) is 80.1 cm³/mol. The van der Waals surface area contributed by atoms with E-state index < -0.39 is 11.9 Å². The molecule has 1 aromatic rings. The molecule has 0 bridgehead atoms. The van der Waals surface area contributed by atoms with E-state index >= 15 is 0 Å². The number of hydrogen-bond acceptors (Lipinski definition) is 3. The molecule has 3 nitrogen and oxygen atoms in total. The highest BCUT2D eigenvalue weighted by Gasteiger charge is 2.33. The van der Waals surface area contributed by atoms with Crippen molar-refractivity contribution in [3.8, 4) is 0 Å². The summed E-state index contributed by atoms with van der Waals surface area (Å²) in [6, 6.07) is 2.18. The van der Waals surface area contributed by atoms with Crippen molar-refractivity contribution in [1.29, 1.82) is 0 Å². The summed E-state index contributed by atoms with van der Waals surface area (Å²) >= 11 is 4.87. The summed E-state index contributed by atoms with van der Waals surface area (Å²) in [4.78, 5) is 3.68. The van der Waals surface area contributed by atoms with Gasteiger partial charge < -0.3 is 11.1 Å². The van der Waals surface area contributed by atoms with Gasteiger partial charge in [0, 0.05) is 6.54 Å². The smallest absolute Gasteiger partial charge is 0.389 e. The maximum absolute atomic E-state index is 12.7. The van der Waals surface area contributed by atoms with E-state index in [1.807, 2.05) is 0 Å². The summed E-state index contributed by atoms with van der Waals surface area (Å²) in [6.07, 6.45) is -1.17. The van der Waals surface area contributed by atoms with Crippen LogP contribution in [0.5, 0.6) is 0 Å². The molecular weight excluding hydrogens is 299 g/mol. The molecule has 2 rings (SSSR count). The van der Waals surface area contributed by atoms with Gasteiger partial charge in [-0.3, -0.25) is 0 Å². The predicted octanol–water partition coefficient (Wildman–Crippen LogP) is 3.58. The summed E-state index contributed by atoms with van der Waals surface area (Å²) in [5, 5.41) is 2.99. The Kier molecular flexibility index (Phi) is 4.70. The number of hydrogen-bond donors (Lipinski definition) is 2. The van der Waals surface area contributed by atoms with Crippen LogP contribution in [0.15, 0.2) is 12.1 Å². The van der Waals surface area contributed by atoms with Crippen LogP contribution < -0.4 is 11.1 Å². The van der Waals surface area contributed by atoms with E-state index in [-0.39, 0.29) is 10.8 Å². The largest absolute Gasteiger partial charge is 0.433 e. The molecule has 1 heterocycles. The molecule has 0 amide bonds. The lowest BCUT2D eigenvalue weighted by molar-refractivity contribution is -0.141. The topological polar surface area (TPSA) is 50.9 Å². The number of nitrogens with zero attached hydrogens (tertiary/aromatic N) is 1. The molecule has 116 valence electrons. The monoisotopic (exact) mass is 317 g/mol. The standard InChI is InChI=1S/C14H18F3N3S/c1-8-2-3-9(6-8)7-19-13-10(12(18)21)4-5-11(20-13)14(15,16)17/h4-5,8-9H,2-3,6-7H2,1H3,(H2,18,21)(H,19,20). The molecule has 1 aromatic heterocycles. The number of thiocarbonyl (C=S) groups is 1. The maximum Gasteiger partial charge on any atom is 0.433 e. The average molecular weight is 317 g/mol. The number of anilines is 1. The van der Waals surface area contributed by atoms with Gasteiger partial charge in [-0.2, -0.15) is 13.2 Å². The SMILES string of the molecule is CC1CCC(CNc2nc(C(F)(F)F)ccc2C(N)=S)C1. The second kappa shape index (κ2) is 6.17. The fourth-order valence-electron chi connectivity index (χ4n) is 2.70. The van der Waals surface area contributed by atoms with Gasteiger partial charge in [0.25, 0.3) is 0 Å². The maximum atomic E-state index is 12.7. The molecule has 21 heavy (non-hydrogen) atoms. The van der Waals surface area contributed by atoms with E-state index in [9.17, 15) is 13.2 Å². The minimum absolute atomic E-state index is 0.0403. The fourth-order valence-corrected chi connectivity index (χ4v) is 2.87. The Hall–Kier alpha value is -1.37. The lowest BCUT2D eigenvalue weighted by Gasteiger charge is -2.16. The lowest BCUT2D eigenvalue weighted by atomic mass is 10.1. The van der Waals surface area contributed by atoms with E-state index in [0.717, 1.165) is 25.3 Å². The molecule has 0 aliphatic heterocycles. The number of aromatic nitrogens is 1. The zero-order valence-electron chi connectivity index (χ0n) is 11.7. The van der Waals surface area contributed by atoms with Gasteiger partial charge in [0.05, 0.1) is 5.56 Å². The van der Waals surface area contributed by atoms with Gasteiger partial charge in [0.2, 0.25) is 0 Å². The first-order valence-corrected chi connectivity index (χ1v) is 7.30. The highest BCUT2D eigenvalue weighted by molar-refractivity contribution is 7.80. The molecule has 0 spiro atoms. The first-order chi connectivity index (χ1) is 9.77. The van der Waals surface area contributed by atoms with Crippen molar-refractivity contribution in [3.63, 3.8) is 0 Å². The van der Waals surface area contributed by atoms with Crippen LogP contribution in [0.1, 0.15) is 37.4 Å². The Labute approximate surface area is 127 Å². The van der Waals surface area contributed by atoms with E-state index in [4.69, 9.17) is 18.0 Å². The molecule has 1 aliphatic carbocycles. The summed E-state index contributed by atoms with van der Waals surface area (Å²) < 4.78 is 38.2. The zero-order chi connectivity index (χ0) is 15.6. The molecule has 0 aromatic carbocycles. The Morgan fingerprint density at radius 2 is 2.14 bits per heavy atom. The third kappa shape index (κ3) is 4.06. The van der Waals surface area contributed by atoms with Crippen LogP contribution >= 0.6 is 12.2 Å². The highest BCUT2D eigenvalue weighted by atomic mass is 32.1. The molecule has 2 atom stereocenters. The van der Waals surface area contributed by atoms with Crippen molar-refractivity contribution in [3.05, 3.63) is 23.4 Å². The van der Waals surface area contributed by atoms with Gasteiger partial charge in [-0.05, 0) is 36.8 Å². The third-order valence-corrected chi connectivity index (χ3v) is 4.03. The number of pyridine rings is 1. The van der Waals surface area contributed by atoms with Gasteiger partial charge in [0.1, 0.15) is 16.5 Å². The molecule has 1 saturated carbocycles. The van der Waals surface area contributed by atoms with E-state index in [2.05, 4.69) is 17.2 Å². The van der Waals surface area contributed by atoms with Crippen molar-refractivity contribution < 1.29 is 13.2 Å². The minimum atomic E-state index is -4.48. The van der Waals surface area contributed by atoms with Crippen LogP contribution in [-0.2, 0) is 6.18 Å². The molecule has 0 saturated heterocycles. The lowest BCUT2D eigenvalue weighted by Crippen LogP contribution is -2.20. The van der Waals surface area contributed by atoms with E-state index in [1.165, 1.54) is 6.07 Å². The molecule has 0 radical (unpaired) electrons. The molecule has 3 N–H and O–H groups in total. The first-order valence-electron chi connectivity index (χ1n) is 6.89. The Bertz CT molecular complexity index is 531. The van der Waals surface area contributed by atoms with Crippen LogP contribution in [0.25, 0.3) is 0 Å². The van der Waals surface area contributed by atoms with Crippen molar-refractivity contribution in [2.45, 2.75) is 32.4 Å². The van der Waals surface area contributed by atoms with Gasteiger partial charge >= 0.3 is 6.18 Å². The number of alkyl halides is 3. The van der Waals surface area contributed by atoms with Crippen LogP contribution in [0.2, 0.25) is 0 Å². The van der Waals surface area contributed by atoms with Crippen LogP contribution in [0.4, 0.5) is 19.0 Å². The number of nitrogens with two attached hydrogens (primary N) is 1. The molecular formula is C14H18F3N3S. The first kappa shape index (κ1) is 16.0. The molecule has 2 unspecified atom stereocenters. The molecule has 7 heteroatoms. The Morgan fingerprint density at radius 3 is 2.67 bits per heavy atom. The van der Waals surface area contributed by atoms with Crippen molar-refractivity contribution in [1.82, 2.24) is 4.98 Å². The van der Waals surface area contributed by atoms with Gasteiger partial charge in [0.15, 0.2) is 0 Å². The van der Waals surface area contributed by atoms with Crippen molar-refractivity contribution in [2.75, 3.05) is 11.9 Å². The minimum Gasteiger partial charge on any atom is -0.389 e. The van der Waals surface area contributed by atoms with E-state index in [1.54, 1.807) is 0 Å². The second-order valence-electron chi connectivity index (χ2n) is 5.62. The summed E-state index contributed by atoms with van der Waals surface area (Å²) in [5.41, 5.74) is 4.96. The van der Waals surface area contributed by atoms with Gasteiger partial charge in [-0.1, -0.05) is 25.6 Å². The normalized spacial score (nSPS) is 22.3. The van der Waals surface area contributed by atoms with Gasteiger partial charge in [-0.15, -0.1) is 0 Å². The highest BCUT2D eigenvalue weighted by Crippen LogP contribution is 2.32. The Morgan fingerprint density at radius 1 is 1.43 bits per heavy atom. The van der Waals surface area contributed by atoms with Crippen LogP contribution in [0.3, 0.4) is 0 Å². The summed E-state index contributed by atoms with van der Waals surface area (Å²) in [5.74, 6) is 1.24. The van der Waals surface area contributed by atoms with E-state index in [0.29, 0.717) is 23.9 Å². The summed E-state index contributed by atoms with van der Waals surface area (Å²) in [6.45, 7) is 2.78. The van der Waals surface area contributed by atoms with Crippen LogP contribution in [0, 0.1) is 11.8 Å². The number of nitrogens with one attached hydrogen (secondary N) is 1. The quantitative estimate of drug-likeness (QED) is 0.833.